The number of benzene rings is 3. The zero-order valence-corrected chi connectivity index (χ0v) is 20.5. The zero-order chi connectivity index (χ0) is 24.6. The Morgan fingerprint density at radius 2 is 1.77 bits per heavy atom. The third-order valence-electron chi connectivity index (χ3n) is 6.11. The first-order valence-corrected chi connectivity index (χ1v) is 12.1. The van der Waals surface area contributed by atoms with Crippen molar-refractivity contribution in [1.82, 2.24) is 10.2 Å². The van der Waals surface area contributed by atoms with Gasteiger partial charge in [0, 0.05) is 35.3 Å². The number of hydrogen-bond donors (Lipinski definition) is 1. The summed E-state index contributed by atoms with van der Waals surface area (Å²) in [5.41, 5.74) is 2.38. The van der Waals surface area contributed by atoms with Crippen molar-refractivity contribution in [3.8, 4) is 11.5 Å². The molecule has 0 aliphatic carbocycles. The van der Waals surface area contributed by atoms with Gasteiger partial charge in [-0.3, -0.25) is 9.59 Å². The molecule has 1 N–H and O–H groups in total. The molecule has 1 saturated heterocycles. The van der Waals surface area contributed by atoms with Crippen molar-refractivity contribution >= 4 is 23.4 Å². The lowest BCUT2D eigenvalue weighted by Crippen LogP contribution is -2.47. The maximum atomic E-state index is 12.8. The summed E-state index contributed by atoms with van der Waals surface area (Å²) in [5, 5.41) is 3.76. The predicted molar refractivity (Wildman–Crippen MR) is 136 cm³/mol. The first-order chi connectivity index (χ1) is 17.0. The molecule has 2 amide bonds. The van der Waals surface area contributed by atoms with Crippen LogP contribution in [0.4, 0.5) is 0 Å². The number of nitrogens with zero attached hydrogens (tertiary/aromatic N) is 1. The molecule has 182 valence electrons. The van der Waals surface area contributed by atoms with E-state index < -0.39 is 0 Å². The molecule has 1 heterocycles. The summed E-state index contributed by atoms with van der Waals surface area (Å²) in [6, 6.07) is 22.2. The van der Waals surface area contributed by atoms with E-state index in [2.05, 4.69) is 5.32 Å². The minimum Gasteiger partial charge on any atom is -0.496 e. The molecule has 35 heavy (non-hydrogen) atoms. The average Bonchev–Trinajstić information content (AvgIpc) is 2.88. The molecule has 7 heteroatoms. The third kappa shape index (κ3) is 6.76. The van der Waals surface area contributed by atoms with Crippen LogP contribution in [0.1, 0.15) is 34.3 Å². The van der Waals surface area contributed by atoms with Gasteiger partial charge in [0.2, 0.25) is 5.91 Å². The summed E-state index contributed by atoms with van der Waals surface area (Å²) in [4.78, 5) is 27.5. The highest BCUT2D eigenvalue weighted by molar-refractivity contribution is 6.30. The van der Waals surface area contributed by atoms with Gasteiger partial charge in [0.05, 0.1) is 13.5 Å². The molecule has 0 radical (unpaired) electrons. The average molecular weight is 493 g/mol. The Kier molecular flexibility index (Phi) is 8.27. The maximum Gasteiger partial charge on any atom is 0.251 e. The molecule has 0 bridgehead atoms. The Labute approximate surface area is 210 Å². The molecule has 6 nitrogen and oxygen atoms in total. The Morgan fingerprint density at radius 3 is 2.54 bits per heavy atom. The molecular weight excluding hydrogens is 464 g/mol. The number of para-hydroxylation sites is 1. The number of amides is 2. The quantitative estimate of drug-likeness (QED) is 0.486. The van der Waals surface area contributed by atoms with E-state index in [0.717, 1.165) is 16.9 Å². The number of piperidine rings is 1. The minimum absolute atomic E-state index is 0.0221. The fourth-order valence-corrected chi connectivity index (χ4v) is 4.40. The van der Waals surface area contributed by atoms with Gasteiger partial charge in [0.1, 0.15) is 18.1 Å². The van der Waals surface area contributed by atoms with Crippen molar-refractivity contribution in [2.75, 3.05) is 20.2 Å². The zero-order valence-electron chi connectivity index (χ0n) is 19.7. The van der Waals surface area contributed by atoms with Crippen LogP contribution in [-0.2, 0) is 17.8 Å². The van der Waals surface area contributed by atoms with E-state index in [-0.39, 0.29) is 17.9 Å². The van der Waals surface area contributed by atoms with Crippen LogP contribution in [0, 0.1) is 0 Å². The first kappa shape index (κ1) is 24.6. The van der Waals surface area contributed by atoms with E-state index in [1.165, 1.54) is 0 Å². The van der Waals surface area contributed by atoms with Crippen molar-refractivity contribution in [2.24, 2.45) is 0 Å². The molecule has 0 spiro atoms. The Balaban J connectivity index is 1.26. The van der Waals surface area contributed by atoms with Crippen molar-refractivity contribution in [2.45, 2.75) is 31.9 Å². The molecule has 3 aromatic carbocycles. The van der Waals surface area contributed by atoms with E-state index in [1.807, 2.05) is 59.5 Å². The van der Waals surface area contributed by atoms with Crippen LogP contribution in [0.3, 0.4) is 0 Å². The number of carbonyl (C=O) groups is 2. The normalized spacial score (nSPS) is 13.8. The second-order valence-corrected chi connectivity index (χ2v) is 9.00. The Morgan fingerprint density at radius 1 is 1.00 bits per heavy atom. The molecule has 0 saturated carbocycles. The summed E-state index contributed by atoms with van der Waals surface area (Å²) in [6.07, 6.45) is 1.74. The monoisotopic (exact) mass is 492 g/mol. The van der Waals surface area contributed by atoms with E-state index in [1.54, 1.807) is 25.3 Å². The largest absolute Gasteiger partial charge is 0.496 e. The molecular formula is C28H29ClN2O4. The Hall–Kier alpha value is -3.51. The predicted octanol–water partition coefficient (Wildman–Crippen LogP) is 4.89. The summed E-state index contributed by atoms with van der Waals surface area (Å²) in [7, 11) is 1.61. The van der Waals surface area contributed by atoms with Crippen LogP contribution in [0.15, 0.2) is 72.8 Å². The summed E-state index contributed by atoms with van der Waals surface area (Å²) in [5.74, 6) is 1.27. The van der Waals surface area contributed by atoms with Gasteiger partial charge >= 0.3 is 0 Å². The lowest BCUT2D eigenvalue weighted by Gasteiger charge is -2.32. The number of rotatable bonds is 8. The van der Waals surface area contributed by atoms with Gasteiger partial charge in [-0.1, -0.05) is 48.0 Å². The molecule has 4 rings (SSSR count). The van der Waals surface area contributed by atoms with E-state index in [0.29, 0.717) is 55.3 Å². The highest BCUT2D eigenvalue weighted by atomic mass is 35.5. The summed E-state index contributed by atoms with van der Waals surface area (Å²) >= 11 is 6.03. The molecule has 0 unspecified atom stereocenters. The van der Waals surface area contributed by atoms with Gasteiger partial charge in [0.25, 0.3) is 5.91 Å². The van der Waals surface area contributed by atoms with E-state index in [9.17, 15) is 9.59 Å². The second kappa shape index (κ2) is 11.8. The van der Waals surface area contributed by atoms with Crippen LogP contribution in [0.2, 0.25) is 5.02 Å². The van der Waals surface area contributed by atoms with Gasteiger partial charge in [-0.05, 0) is 54.8 Å². The van der Waals surface area contributed by atoms with Gasteiger partial charge in [-0.25, -0.2) is 0 Å². The molecule has 3 aromatic rings. The fourth-order valence-electron chi connectivity index (χ4n) is 4.19. The van der Waals surface area contributed by atoms with E-state index >= 15 is 0 Å². The highest BCUT2D eigenvalue weighted by Gasteiger charge is 2.25. The number of hydrogen-bond acceptors (Lipinski definition) is 4. The maximum absolute atomic E-state index is 12.8. The number of methoxy groups -OCH3 is 1. The molecule has 1 aliphatic rings. The number of nitrogens with one attached hydrogen (secondary N) is 1. The third-order valence-corrected chi connectivity index (χ3v) is 6.34. The summed E-state index contributed by atoms with van der Waals surface area (Å²) in [6.45, 7) is 1.59. The van der Waals surface area contributed by atoms with Crippen LogP contribution in [0.25, 0.3) is 0 Å². The molecule has 1 fully saturated rings. The van der Waals surface area contributed by atoms with Gasteiger partial charge in [0.15, 0.2) is 0 Å². The van der Waals surface area contributed by atoms with Crippen LogP contribution < -0.4 is 14.8 Å². The number of carbonyl (C=O) groups excluding carboxylic acids is 2. The van der Waals surface area contributed by atoms with Crippen LogP contribution >= 0.6 is 11.6 Å². The Bertz CT molecular complexity index is 1170. The lowest BCUT2D eigenvalue weighted by atomic mass is 10.0. The van der Waals surface area contributed by atoms with Crippen LogP contribution in [0.5, 0.6) is 11.5 Å². The van der Waals surface area contributed by atoms with Crippen molar-refractivity contribution in [3.63, 3.8) is 0 Å². The van der Waals surface area contributed by atoms with Crippen LogP contribution in [-0.4, -0.2) is 43.0 Å². The first-order valence-electron chi connectivity index (χ1n) is 11.7. The number of halogens is 1. The highest BCUT2D eigenvalue weighted by Crippen LogP contribution is 2.21. The fraction of sp³-hybridized carbons (Fsp3) is 0.286. The van der Waals surface area contributed by atoms with Crippen molar-refractivity contribution < 1.29 is 19.1 Å². The summed E-state index contributed by atoms with van der Waals surface area (Å²) < 4.78 is 11.2. The smallest absolute Gasteiger partial charge is 0.251 e. The SMILES string of the molecule is COc1ccccc1CC(=O)N1CCC(NC(=O)c2cccc(OCc3cccc(Cl)c3)c2)CC1. The van der Waals surface area contributed by atoms with Gasteiger partial charge < -0.3 is 19.7 Å². The minimum atomic E-state index is -0.142. The number of ether oxygens (including phenoxy) is 2. The topological polar surface area (TPSA) is 67.9 Å². The molecule has 1 aliphatic heterocycles. The lowest BCUT2D eigenvalue weighted by molar-refractivity contribution is -0.131. The second-order valence-electron chi connectivity index (χ2n) is 8.56. The van der Waals surface area contributed by atoms with Gasteiger partial charge in [-0.15, -0.1) is 0 Å². The molecule has 0 aromatic heterocycles. The standard InChI is InChI=1S/C28H29ClN2O4/c1-34-26-11-3-2-7-21(26)18-27(32)31-14-12-24(13-15-31)30-28(33)22-8-5-10-25(17-22)35-19-20-6-4-9-23(29)16-20/h2-11,16-17,24H,12-15,18-19H2,1H3,(H,30,33). The van der Waals surface area contributed by atoms with Crippen molar-refractivity contribution in [1.29, 1.82) is 0 Å². The van der Waals surface area contributed by atoms with E-state index in [4.69, 9.17) is 21.1 Å². The van der Waals surface area contributed by atoms with Crippen molar-refractivity contribution in [3.05, 3.63) is 94.5 Å². The van der Waals surface area contributed by atoms with Gasteiger partial charge in [-0.2, -0.15) is 0 Å². The number of likely N-dealkylation sites (tertiary alicyclic amines) is 1. The molecule has 0 atom stereocenters.